The Morgan fingerprint density at radius 2 is 1.44 bits per heavy atom. The molecule has 0 unspecified atom stereocenters. The molecule has 0 aromatic rings. The molecule has 0 atom stereocenters. The first-order valence-electron chi connectivity index (χ1n) is 7.25. The maximum absolute atomic E-state index is 12.7. The van der Waals surface area contributed by atoms with Crippen molar-refractivity contribution < 1.29 is 8.42 Å². The standard InChI is InChI=1S/C14H25NO2S/c1-14(2,15)8-18(16,17)13-11-4-9-3-10(6-11)7-12(13)5-9/h9-13H,3-8,15H2,1-2H3. The van der Waals surface area contributed by atoms with E-state index in [1.165, 1.54) is 6.42 Å². The van der Waals surface area contributed by atoms with E-state index in [2.05, 4.69) is 0 Å². The third kappa shape index (κ3) is 2.22. The van der Waals surface area contributed by atoms with Crippen LogP contribution in [0.15, 0.2) is 0 Å². The second-order valence-corrected chi connectivity index (χ2v) is 9.85. The Bertz CT molecular complexity index is 407. The quantitative estimate of drug-likeness (QED) is 0.853. The predicted octanol–water partition coefficient (Wildman–Crippen LogP) is 1.96. The van der Waals surface area contributed by atoms with E-state index in [-0.39, 0.29) is 11.0 Å². The predicted molar refractivity (Wildman–Crippen MR) is 72.9 cm³/mol. The van der Waals surface area contributed by atoms with Crippen molar-refractivity contribution >= 4 is 9.84 Å². The molecule has 3 nitrogen and oxygen atoms in total. The van der Waals surface area contributed by atoms with E-state index in [9.17, 15) is 8.42 Å². The lowest BCUT2D eigenvalue weighted by Gasteiger charge is -2.54. The summed E-state index contributed by atoms with van der Waals surface area (Å²) < 4.78 is 25.3. The van der Waals surface area contributed by atoms with Gasteiger partial charge in [-0.3, -0.25) is 0 Å². The molecule has 4 heteroatoms. The van der Waals surface area contributed by atoms with Crippen LogP contribution in [0, 0.1) is 23.7 Å². The van der Waals surface area contributed by atoms with Gasteiger partial charge in [-0.15, -0.1) is 0 Å². The van der Waals surface area contributed by atoms with Crippen molar-refractivity contribution in [1.29, 1.82) is 0 Å². The molecule has 4 saturated carbocycles. The van der Waals surface area contributed by atoms with Crippen LogP contribution in [0.25, 0.3) is 0 Å². The molecule has 0 aliphatic heterocycles. The fraction of sp³-hybridized carbons (Fsp3) is 1.00. The summed E-state index contributed by atoms with van der Waals surface area (Å²) in [7, 11) is -3.03. The highest BCUT2D eigenvalue weighted by atomic mass is 32.2. The maximum atomic E-state index is 12.7. The van der Waals surface area contributed by atoms with Crippen molar-refractivity contribution in [3.05, 3.63) is 0 Å². The van der Waals surface area contributed by atoms with Crippen molar-refractivity contribution in [3.63, 3.8) is 0 Å². The van der Waals surface area contributed by atoms with Gasteiger partial charge in [0, 0.05) is 5.54 Å². The van der Waals surface area contributed by atoms with Crippen LogP contribution in [0.3, 0.4) is 0 Å². The molecule has 0 aromatic heterocycles. The normalized spacial score (nSPS) is 43.4. The Hall–Kier alpha value is -0.0900. The monoisotopic (exact) mass is 271 g/mol. The zero-order valence-corrected chi connectivity index (χ0v) is 12.2. The minimum Gasteiger partial charge on any atom is -0.325 e. The van der Waals surface area contributed by atoms with Gasteiger partial charge in [-0.2, -0.15) is 0 Å². The molecule has 0 spiro atoms. The fourth-order valence-electron chi connectivity index (χ4n) is 5.08. The molecule has 0 heterocycles. The van der Waals surface area contributed by atoms with Crippen LogP contribution < -0.4 is 5.73 Å². The summed E-state index contributed by atoms with van der Waals surface area (Å²) in [4.78, 5) is 0. The van der Waals surface area contributed by atoms with Crippen molar-refractivity contribution in [1.82, 2.24) is 0 Å². The average Bonchev–Trinajstić information content (AvgIpc) is 2.09. The maximum Gasteiger partial charge on any atom is 0.155 e. The van der Waals surface area contributed by atoms with E-state index in [1.807, 2.05) is 13.8 Å². The summed E-state index contributed by atoms with van der Waals surface area (Å²) in [5.74, 6) is 2.67. The molecule has 4 aliphatic rings. The van der Waals surface area contributed by atoms with E-state index in [4.69, 9.17) is 5.73 Å². The first-order chi connectivity index (χ1) is 8.24. The second-order valence-electron chi connectivity index (χ2n) is 7.69. The van der Waals surface area contributed by atoms with E-state index in [0.717, 1.165) is 37.5 Å². The van der Waals surface area contributed by atoms with Crippen LogP contribution in [-0.4, -0.2) is 25.0 Å². The molecule has 0 amide bonds. The average molecular weight is 271 g/mol. The van der Waals surface area contributed by atoms with Crippen LogP contribution in [-0.2, 0) is 9.84 Å². The first kappa shape index (κ1) is 12.9. The van der Waals surface area contributed by atoms with Gasteiger partial charge in [0.25, 0.3) is 0 Å². The number of nitrogens with two attached hydrogens (primary N) is 1. The fourth-order valence-corrected chi connectivity index (χ4v) is 7.92. The summed E-state index contributed by atoms with van der Waals surface area (Å²) in [5.41, 5.74) is 5.33. The molecule has 4 rings (SSSR count). The Labute approximate surface area is 110 Å². The highest BCUT2D eigenvalue weighted by Crippen LogP contribution is 2.55. The van der Waals surface area contributed by atoms with Gasteiger partial charge in [0.05, 0.1) is 11.0 Å². The summed E-state index contributed by atoms with van der Waals surface area (Å²) in [5, 5.41) is -0.0758. The summed E-state index contributed by atoms with van der Waals surface area (Å²) in [6.07, 6.45) is 5.98. The largest absolute Gasteiger partial charge is 0.325 e. The molecule has 0 radical (unpaired) electrons. The topological polar surface area (TPSA) is 60.2 Å². The molecular formula is C14H25NO2S. The van der Waals surface area contributed by atoms with Crippen LogP contribution in [0.2, 0.25) is 0 Å². The highest BCUT2D eigenvalue weighted by Gasteiger charge is 2.53. The molecular weight excluding hydrogens is 246 g/mol. The second kappa shape index (κ2) is 3.95. The van der Waals surface area contributed by atoms with E-state index < -0.39 is 15.4 Å². The SMILES string of the molecule is CC(C)(N)CS(=O)(=O)C1C2CC3CC(C2)CC1C3. The molecule has 0 saturated heterocycles. The lowest BCUT2D eigenvalue weighted by Crippen LogP contribution is -2.54. The smallest absolute Gasteiger partial charge is 0.155 e. The Kier molecular flexibility index (Phi) is 2.84. The van der Waals surface area contributed by atoms with Crippen LogP contribution in [0.4, 0.5) is 0 Å². The van der Waals surface area contributed by atoms with Gasteiger partial charge in [-0.1, -0.05) is 0 Å². The van der Waals surface area contributed by atoms with Gasteiger partial charge in [0.1, 0.15) is 0 Å². The molecule has 4 aliphatic carbocycles. The molecule has 4 fully saturated rings. The molecule has 0 aromatic carbocycles. The zero-order chi connectivity index (χ0) is 13.1. The summed E-state index contributed by atoms with van der Waals surface area (Å²) in [6, 6.07) is 0. The van der Waals surface area contributed by atoms with Crippen LogP contribution in [0.5, 0.6) is 0 Å². The number of sulfone groups is 1. The third-order valence-electron chi connectivity index (χ3n) is 5.13. The minimum atomic E-state index is -3.03. The zero-order valence-electron chi connectivity index (χ0n) is 11.4. The van der Waals surface area contributed by atoms with Crippen LogP contribution >= 0.6 is 0 Å². The molecule has 104 valence electrons. The van der Waals surface area contributed by atoms with E-state index in [1.54, 1.807) is 0 Å². The van der Waals surface area contributed by atoms with E-state index in [0.29, 0.717) is 11.8 Å². The van der Waals surface area contributed by atoms with Gasteiger partial charge in [0.15, 0.2) is 9.84 Å². The number of rotatable bonds is 3. The summed E-state index contributed by atoms with van der Waals surface area (Å²) >= 11 is 0. The Morgan fingerprint density at radius 3 is 1.83 bits per heavy atom. The first-order valence-corrected chi connectivity index (χ1v) is 8.96. The lowest BCUT2D eigenvalue weighted by molar-refractivity contribution is 0.0237. The lowest BCUT2D eigenvalue weighted by atomic mass is 9.56. The van der Waals surface area contributed by atoms with E-state index >= 15 is 0 Å². The number of hydrogen-bond donors (Lipinski definition) is 1. The summed E-state index contributed by atoms with van der Waals surface area (Å²) in [6.45, 7) is 3.64. The van der Waals surface area contributed by atoms with Crippen molar-refractivity contribution in [2.24, 2.45) is 29.4 Å². The molecule has 4 bridgehead atoms. The molecule has 18 heavy (non-hydrogen) atoms. The van der Waals surface area contributed by atoms with Gasteiger partial charge in [0.2, 0.25) is 0 Å². The minimum absolute atomic E-state index is 0.0758. The van der Waals surface area contributed by atoms with Crippen molar-refractivity contribution in [3.8, 4) is 0 Å². The highest BCUT2D eigenvalue weighted by molar-refractivity contribution is 7.92. The van der Waals surface area contributed by atoms with Crippen molar-refractivity contribution in [2.45, 2.75) is 56.7 Å². The Balaban J connectivity index is 1.84. The van der Waals surface area contributed by atoms with Gasteiger partial charge in [-0.25, -0.2) is 8.42 Å². The van der Waals surface area contributed by atoms with Gasteiger partial charge in [-0.05, 0) is 69.6 Å². The molecule has 2 N–H and O–H groups in total. The van der Waals surface area contributed by atoms with Crippen molar-refractivity contribution in [2.75, 3.05) is 5.75 Å². The number of hydrogen-bond acceptors (Lipinski definition) is 3. The third-order valence-corrected chi connectivity index (χ3v) is 7.87. The van der Waals surface area contributed by atoms with Gasteiger partial charge < -0.3 is 5.73 Å². The van der Waals surface area contributed by atoms with Gasteiger partial charge >= 0.3 is 0 Å². The Morgan fingerprint density at radius 1 is 1.00 bits per heavy atom. The van der Waals surface area contributed by atoms with Crippen LogP contribution in [0.1, 0.15) is 46.0 Å².